The van der Waals surface area contributed by atoms with Crippen LogP contribution < -0.4 is 10.6 Å². The van der Waals surface area contributed by atoms with E-state index < -0.39 is 0 Å². The first-order chi connectivity index (χ1) is 8.11. The molecule has 0 spiro atoms. The molecule has 5 nitrogen and oxygen atoms in total. The minimum atomic E-state index is 0.389. The molecule has 0 atom stereocenters. The number of aryl methyl sites for hydroxylation is 1. The smallest absolute Gasteiger partial charge is 0.191 e. The van der Waals surface area contributed by atoms with E-state index in [1.807, 2.05) is 24.0 Å². The lowest BCUT2D eigenvalue weighted by Gasteiger charge is -2.13. The number of nitrogens with one attached hydrogen (secondary N) is 2. The molecule has 0 bridgehead atoms. The Kier molecular flexibility index (Phi) is 5.52. The van der Waals surface area contributed by atoms with Crippen LogP contribution in [0.3, 0.4) is 0 Å². The van der Waals surface area contributed by atoms with Crippen molar-refractivity contribution in [3.8, 4) is 0 Å². The van der Waals surface area contributed by atoms with Crippen LogP contribution in [0.15, 0.2) is 17.4 Å². The van der Waals surface area contributed by atoms with Crippen molar-refractivity contribution < 1.29 is 0 Å². The van der Waals surface area contributed by atoms with Crippen molar-refractivity contribution in [2.75, 3.05) is 13.1 Å². The molecule has 96 valence electrons. The van der Waals surface area contributed by atoms with Gasteiger partial charge in [-0.2, -0.15) is 5.10 Å². The van der Waals surface area contributed by atoms with E-state index in [0.717, 1.165) is 25.6 Å². The summed E-state index contributed by atoms with van der Waals surface area (Å²) in [6.07, 6.45) is 3.89. The third-order valence-corrected chi connectivity index (χ3v) is 2.13. The largest absolute Gasteiger partial charge is 0.357 e. The Labute approximate surface area is 103 Å². The number of hydrogen-bond donors (Lipinski definition) is 2. The first-order valence-corrected chi connectivity index (χ1v) is 6.15. The number of rotatable bonds is 5. The van der Waals surface area contributed by atoms with Gasteiger partial charge in [0.1, 0.15) is 0 Å². The summed E-state index contributed by atoms with van der Waals surface area (Å²) in [6, 6.07) is 0.389. The van der Waals surface area contributed by atoms with E-state index in [9.17, 15) is 0 Å². The predicted octanol–water partition coefficient (Wildman–Crippen LogP) is 1.16. The molecule has 0 unspecified atom stereocenters. The van der Waals surface area contributed by atoms with Gasteiger partial charge in [-0.1, -0.05) is 0 Å². The molecular formula is C12H23N5. The molecule has 2 N–H and O–H groups in total. The maximum atomic E-state index is 4.49. The molecule has 17 heavy (non-hydrogen) atoms. The van der Waals surface area contributed by atoms with Crippen molar-refractivity contribution in [3.63, 3.8) is 0 Å². The maximum absolute atomic E-state index is 4.49. The Bertz CT molecular complexity index is 354. The quantitative estimate of drug-likeness (QED) is 0.597. The van der Waals surface area contributed by atoms with Crippen LogP contribution in [0.4, 0.5) is 0 Å². The van der Waals surface area contributed by atoms with Crippen LogP contribution in [0, 0.1) is 6.92 Å². The number of nitrogens with zero attached hydrogens (tertiary/aromatic N) is 3. The van der Waals surface area contributed by atoms with Gasteiger partial charge in [0, 0.05) is 18.8 Å². The molecule has 1 aromatic rings. The fourth-order valence-corrected chi connectivity index (χ4v) is 1.45. The summed E-state index contributed by atoms with van der Waals surface area (Å²) >= 11 is 0. The van der Waals surface area contributed by atoms with Crippen molar-refractivity contribution in [3.05, 3.63) is 18.0 Å². The topological polar surface area (TPSA) is 54.2 Å². The van der Waals surface area contributed by atoms with Crippen LogP contribution in [0.1, 0.15) is 26.3 Å². The van der Waals surface area contributed by atoms with Gasteiger partial charge < -0.3 is 10.6 Å². The molecule has 0 saturated carbocycles. The first kappa shape index (κ1) is 13.5. The summed E-state index contributed by atoms with van der Waals surface area (Å²) in [4.78, 5) is 4.49. The summed E-state index contributed by atoms with van der Waals surface area (Å²) in [5.74, 6) is 0.867. The third kappa shape index (κ3) is 5.38. The van der Waals surface area contributed by atoms with Crippen LogP contribution in [0.25, 0.3) is 0 Å². The third-order valence-electron chi connectivity index (χ3n) is 2.13. The molecule has 0 amide bonds. The molecule has 0 aromatic carbocycles. The number of aliphatic imine (C=N–C) groups is 1. The van der Waals surface area contributed by atoms with Gasteiger partial charge >= 0.3 is 0 Å². The molecular weight excluding hydrogens is 214 g/mol. The summed E-state index contributed by atoms with van der Waals surface area (Å²) in [6.45, 7) is 10.7. The Morgan fingerprint density at radius 3 is 2.82 bits per heavy atom. The number of guanidine groups is 1. The molecule has 0 fully saturated rings. The van der Waals surface area contributed by atoms with Gasteiger partial charge in [-0.15, -0.1) is 0 Å². The molecule has 0 aliphatic heterocycles. The molecule has 1 heterocycles. The Morgan fingerprint density at radius 1 is 1.53 bits per heavy atom. The molecule has 1 aromatic heterocycles. The SMILES string of the molecule is CCNC(=NCCn1cc(C)cn1)NC(C)C. The lowest BCUT2D eigenvalue weighted by molar-refractivity contribution is 0.618. The molecule has 0 radical (unpaired) electrons. The van der Waals surface area contributed by atoms with E-state index in [1.165, 1.54) is 5.56 Å². The average molecular weight is 237 g/mol. The van der Waals surface area contributed by atoms with Crippen molar-refractivity contribution in [1.29, 1.82) is 0 Å². The second-order valence-electron chi connectivity index (χ2n) is 4.34. The van der Waals surface area contributed by atoms with E-state index >= 15 is 0 Å². The van der Waals surface area contributed by atoms with E-state index in [2.05, 4.69) is 41.5 Å². The van der Waals surface area contributed by atoms with Gasteiger partial charge in [-0.05, 0) is 33.3 Å². The fourth-order valence-electron chi connectivity index (χ4n) is 1.45. The molecule has 0 saturated heterocycles. The summed E-state index contributed by atoms with van der Waals surface area (Å²) in [5, 5.41) is 10.7. The number of aromatic nitrogens is 2. The van der Waals surface area contributed by atoms with Gasteiger partial charge in [0.25, 0.3) is 0 Å². The normalized spacial score (nSPS) is 11.9. The molecule has 1 rings (SSSR count). The van der Waals surface area contributed by atoms with Crippen LogP contribution in [-0.4, -0.2) is 34.9 Å². The second-order valence-corrected chi connectivity index (χ2v) is 4.34. The highest BCUT2D eigenvalue weighted by Gasteiger charge is 1.99. The summed E-state index contributed by atoms with van der Waals surface area (Å²) in [7, 11) is 0. The highest BCUT2D eigenvalue weighted by molar-refractivity contribution is 5.79. The lowest BCUT2D eigenvalue weighted by atomic mass is 10.4. The van der Waals surface area contributed by atoms with Gasteiger partial charge in [-0.25, -0.2) is 0 Å². The van der Waals surface area contributed by atoms with E-state index in [4.69, 9.17) is 0 Å². The van der Waals surface area contributed by atoms with Crippen molar-refractivity contribution in [2.45, 2.75) is 40.3 Å². The van der Waals surface area contributed by atoms with Crippen LogP contribution >= 0.6 is 0 Å². The summed E-state index contributed by atoms with van der Waals surface area (Å²) in [5.41, 5.74) is 1.18. The van der Waals surface area contributed by atoms with Gasteiger partial charge in [-0.3, -0.25) is 9.67 Å². The van der Waals surface area contributed by atoms with Crippen LogP contribution in [0.5, 0.6) is 0 Å². The van der Waals surface area contributed by atoms with Crippen molar-refractivity contribution >= 4 is 5.96 Å². The highest BCUT2D eigenvalue weighted by atomic mass is 15.3. The van der Waals surface area contributed by atoms with Crippen LogP contribution in [0.2, 0.25) is 0 Å². The molecule has 0 aliphatic rings. The van der Waals surface area contributed by atoms with Crippen LogP contribution in [-0.2, 0) is 6.54 Å². The monoisotopic (exact) mass is 237 g/mol. The summed E-state index contributed by atoms with van der Waals surface area (Å²) < 4.78 is 1.91. The van der Waals surface area contributed by atoms with E-state index in [1.54, 1.807) is 0 Å². The highest BCUT2D eigenvalue weighted by Crippen LogP contribution is 1.93. The maximum Gasteiger partial charge on any atom is 0.191 e. The molecule has 0 aliphatic carbocycles. The first-order valence-electron chi connectivity index (χ1n) is 6.15. The minimum absolute atomic E-state index is 0.389. The second kappa shape index (κ2) is 6.93. The predicted molar refractivity (Wildman–Crippen MR) is 71.2 cm³/mol. The van der Waals surface area contributed by atoms with E-state index in [-0.39, 0.29) is 0 Å². The zero-order chi connectivity index (χ0) is 12.7. The Balaban J connectivity index is 2.42. The van der Waals surface area contributed by atoms with Crippen molar-refractivity contribution in [1.82, 2.24) is 20.4 Å². The average Bonchev–Trinajstić information content (AvgIpc) is 2.63. The van der Waals surface area contributed by atoms with Gasteiger partial charge in [0.2, 0.25) is 0 Å². The van der Waals surface area contributed by atoms with Gasteiger partial charge in [0.05, 0.1) is 19.3 Å². The van der Waals surface area contributed by atoms with E-state index in [0.29, 0.717) is 6.04 Å². The lowest BCUT2D eigenvalue weighted by Crippen LogP contribution is -2.41. The van der Waals surface area contributed by atoms with Crippen molar-refractivity contribution in [2.24, 2.45) is 4.99 Å². The zero-order valence-electron chi connectivity index (χ0n) is 11.2. The standard InChI is InChI=1S/C12H23N5/c1-5-13-12(16-10(2)3)14-6-7-17-9-11(4)8-15-17/h8-10H,5-7H2,1-4H3,(H2,13,14,16). The molecule has 5 heteroatoms. The fraction of sp³-hybridized carbons (Fsp3) is 0.667. The Hall–Kier alpha value is -1.52. The number of hydrogen-bond acceptors (Lipinski definition) is 2. The minimum Gasteiger partial charge on any atom is -0.357 e. The van der Waals surface area contributed by atoms with Gasteiger partial charge in [0.15, 0.2) is 5.96 Å². The zero-order valence-corrected chi connectivity index (χ0v) is 11.2. The Morgan fingerprint density at radius 2 is 2.29 bits per heavy atom.